The van der Waals surface area contributed by atoms with Crippen LogP contribution in [0, 0.1) is 10.8 Å². The zero-order valence-corrected chi connectivity index (χ0v) is 15.5. The maximum atomic E-state index is 12.0. The minimum absolute atomic E-state index is 0.688. The molecule has 0 heterocycles. The summed E-state index contributed by atoms with van der Waals surface area (Å²) in [6, 6.07) is 0. The Morgan fingerprint density at radius 2 is 0.742 bits per heavy atom. The van der Waals surface area contributed by atoms with Crippen molar-refractivity contribution in [3.63, 3.8) is 0 Å². The molecule has 0 aromatic carbocycles. The molecule has 0 fully saturated rings. The van der Waals surface area contributed by atoms with Gasteiger partial charge in [-0.1, -0.05) is 0 Å². The Labute approximate surface area is 166 Å². The van der Waals surface area contributed by atoms with Crippen LogP contribution >= 0.6 is 0 Å². The second-order valence-corrected chi connectivity index (χ2v) is 6.25. The predicted molar refractivity (Wildman–Crippen MR) is 75.9 cm³/mol. The van der Waals surface area contributed by atoms with Gasteiger partial charge >= 0.3 is 24.6 Å². The van der Waals surface area contributed by atoms with Crippen molar-refractivity contribution in [1.82, 2.24) is 0 Å². The lowest BCUT2D eigenvalue weighted by Crippen LogP contribution is -2.60. The van der Waals surface area contributed by atoms with Gasteiger partial charge in [0.2, 0.25) is 5.41 Å². The Balaban J connectivity index is -0.000000404. The van der Waals surface area contributed by atoms with Gasteiger partial charge in [-0.3, -0.25) is 0 Å². The van der Waals surface area contributed by atoms with Crippen LogP contribution in [0.4, 0.5) is 52.7 Å². The molecule has 0 saturated carbocycles. The van der Waals surface area contributed by atoms with Crippen LogP contribution in [0.25, 0.3) is 0 Å². The van der Waals surface area contributed by atoms with Crippen molar-refractivity contribution in [3.05, 3.63) is 0 Å². The second kappa shape index (κ2) is 11.2. The molecule has 6 nitrogen and oxygen atoms in total. The summed E-state index contributed by atoms with van der Waals surface area (Å²) in [6.07, 6.45) is -22.3. The molecule has 6 N–H and O–H groups in total. The summed E-state index contributed by atoms with van der Waals surface area (Å²) in [5.41, 5.74) is -7.61. The Morgan fingerprint density at radius 1 is 0.484 bits per heavy atom. The lowest BCUT2D eigenvalue weighted by atomic mass is 9.86. The first kappa shape index (κ1) is 34.5. The molecule has 0 aliphatic heterocycles. The van der Waals surface area contributed by atoms with E-state index in [1.165, 1.54) is 0 Å². The van der Waals surface area contributed by atoms with E-state index in [-0.39, 0.29) is 0 Å². The van der Waals surface area contributed by atoms with E-state index in [1.54, 1.807) is 0 Å². The first-order valence-electron chi connectivity index (χ1n) is 7.39. The maximum absolute atomic E-state index is 12.0. The van der Waals surface area contributed by atoms with Crippen LogP contribution < -0.4 is 0 Å². The maximum Gasteiger partial charge on any atom is 0.411 e. The van der Waals surface area contributed by atoms with Gasteiger partial charge < -0.3 is 30.6 Å². The summed E-state index contributed by atoms with van der Waals surface area (Å²) in [6.45, 7) is -4.69. The van der Waals surface area contributed by atoms with Crippen molar-refractivity contribution in [2.75, 3.05) is 26.4 Å². The van der Waals surface area contributed by atoms with Gasteiger partial charge in [0.1, 0.15) is 18.6 Å². The third-order valence-corrected chi connectivity index (χ3v) is 3.62. The molecule has 0 unspecified atom stereocenters. The van der Waals surface area contributed by atoms with E-state index >= 15 is 0 Å². The highest BCUT2D eigenvalue weighted by atomic mass is 19.4. The van der Waals surface area contributed by atoms with Gasteiger partial charge in [0.25, 0.3) is 5.92 Å². The minimum Gasteiger partial charge on any atom is -0.395 e. The topological polar surface area (TPSA) is 121 Å². The number of aliphatic hydroxyl groups excluding tert-OH is 4. The molecular weight excluding hydrogens is 480 g/mol. The van der Waals surface area contributed by atoms with Gasteiger partial charge in [0.15, 0.2) is 0 Å². The van der Waals surface area contributed by atoms with Crippen LogP contribution in [-0.4, -0.2) is 87.6 Å². The van der Waals surface area contributed by atoms with E-state index in [2.05, 4.69) is 0 Å². The second-order valence-electron chi connectivity index (χ2n) is 6.25. The molecule has 0 radical (unpaired) electrons. The quantitative estimate of drug-likeness (QED) is 0.310. The van der Waals surface area contributed by atoms with Gasteiger partial charge in [-0.25, -0.2) is 8.78 Å². The normalized spacial score (nSPS) is 14.3. The Hall–Kier alpha value is -1.08. The lowest BCUT2D eigenvalue weighted by Gasteiger charge is -2.37. The van der Waals surface area contributed by atoms with Crippen molar-refractivity contribution >= 4 is 0 Å². The largest absolute Gasteiger partial charge is 0.411 e. The zero-order valence-electron chi connectivity index (χ0n) is 15.5. The molecule has 0 saturated heterocycles. The first-order chi connectivity index (χ1) is 13.2. The molecule has 31 heavy (non-hydrogen) atoms. The molecule has 0 amide bonds. The van der Waals surface area contributed by atoms with Gasteiger partial charge in [-0.05, 0) is 13.8 Å². The summed E-state index contributed by atoms with van der Waals surface area (Å²) in [4.78, 5) is 0. The Morgan fingerprint density at radius 3 is 0.742 bits per heavy atom. The van der Waals surface area contributed by atoms with Gasteiger partial charge in [-0.15, -0.1) is 0 Å². The Bertz CT molecular complexity index is 463. The van der Waals surface area contributed by atoms with Crippen molar-refractivity contribution in [2.45, 2.75) is 44.3 Å². The van der Waals surface area contributed by atoms with Crippen molar-refractivity contribution < 1.29 is 83.3 Å². The molecule has 0 aromatic heterocycles. The molecule has 192 valence electrons. The summed E-state index contributed by atoms with van der Waals surface area (Å²) < 4.78 is 141. The number of hydrogen-bond donors (Lipinski definition) is 6. The average molecular weight is 500 g/mol. The fourth-order valence-corrected chi connectivity index (χ4v) is 0.801. The zero-order chi connectivity index (χ0) is 26.3. The first-order valence-corrected chi connectivity index (χ1v) is 7.39. The van der Waals surface area contributed by atoms with E-state index < -0.39 is 74.7 Å². The number of alkyl halides is 12. The summed E-state index contributed by atoms with van der Waals surface area (Å²) in [7, 11) is 0. The summed E-state index contributed by atoms with van der Waals surface area (Å²) in [5.74, 6) is -3.31. The van der Waals surface area contributed by atoms with Crippen LogP contribution in [0.1, 0.15) is 13.8 Å². The fourth-order valence-electron chi connectivity index (χ4n) is 0.801. The third kappa shape index (κ3) is 9.52. The lowest BCUT2D eigenvalue weighted by molar-refractivity contribution is -0.455. The van der Waals surface area contributed by atoms with Gasteiger partial charge in [0, 0.05) is 0 Å². The highest BCUT2D eigenvalue weighted by Gasteiger charge is 2.78. The predicted octanol–water partition coefficient (Wildman–Crippen LogP) is 1.87. The van der Waals surface area contributed by atoms with Crippen LogP contribution in [-0.2, 0) is 0 Å². The van der Waals surface area contributed by atoms with E-state index in [9.17, 15) is 52.7 Å². The van der Waals surface area contributed by atoms with E-state index in [0.29, 0.717) is 0 Å². The molecule has 0 aliphatic carbocycles. The SMILES string of the molecule is CC(C(O)(F)F)(C(O)(F)F)C(F)(F)F.CC(CO)(CO)C(F)(F)F.OCC(F)(F)CO. The smallest absolute Gasteiger partial charge is 0.395 e. The molecule has 0 atom stereocenters. The van der Waals surface area contributed by atoms with Crippen LogP contribution in [0.3, 0.4) is 0 Å². The van der Waals surface area contributed by atoms with E-state index in [4.69, 9.17) is 30.6 Å². The molecule has 0 aromatic rings. The highest BCUT2D eigenvalue weighted by Crippen LogP contribution is 2.55. The monoisotopic (exact) mass is 500 g/mol. The number of aliphatic hydroxyl groups is 6. The van der Waals surface area contributed by atoms with Gasteiger partial charge in [0.05, 0.1) is 13.2 Å². The van der Waals surface area contributed by atoms with Crippen molar-refractivity contribution in [1.29, 1.82) is 0 Å². The Kier molecular flexibility index (Phi) is 12.4. The third-order valence-electron chi connectivity index (χ3n) is 3.62. The molecule has 0 aliphatic rings. The summed E-state index contributed by atoms with van der Waals surface area (Å²) >= 11 is 0. The highest BCUT2D eigenvalue weighted by molar-refractivity contribution is 4.94. The average Bonchev–Trinajstić information content (AvgIpc) is 2.57. The van der Waals surface area contributed by atoms with Crippen LogP contribution in [0.15, 0.2) is 0 Å². The molecule has 0 rings (SSSR count). The van der Waals surface area contributed by atoms with Crippen LogP contribution in [0.5, 0.6) is 0 Å². The molecule has 0 bridgehead atoms. The molecular formula is C13H20F12O6. The standard InChI is InChI=1S/C5H5F7O2.C5H9F3O2.C3H6F2O2/c1-2(3(6,7)8,4(9,10)13)5(11,12)14;1-4(2-9,3-10)5(6,7)8;4-3(5,1-6)2-7/h13-14H,1H3;9-10H,2-3H2,1H3;6-7H,1-2H2. The molecule has 18 heteroatoms. The van der Waals surface area contributed by atoms with E-state index in [0.717, 1.165) is 6.92 Å². The van der Waals surface area contributed by atoms with Gasteiger partial charge in [-0.2, -0.15) is 43.9 Å². The van der Waals surface area contributed by atoms with Crippen LogP contribution in [0.2, 0.25) is 0 Å². The summed E-state index contributed by atoms with van der Waals surface area (Å²) in [5, 5.41) is 47.3. The van der Waals surface area contributed by atoms with E-state index in [1.807, 2.05) is 0 Å². The fraction of sp³-hybridized carbons (Fsp3) is 1.00. The number of halogens is 12. The van der Waals surface area contributed by atoms with Crippen molar-refractivity contribution in [3.8, 4) is 0 Å². The number of hydrogen-bond acceptors (Lipinski definition) is 6. The molecule has 0 spiro atoms. The van der Waals surface area contributed by atoms with Crippen molar-refractivity contribution in [2.24, 2.45) is 10.8 Å². The minimum atomic E-state index is -6.18. The number of rotatable bonds is 6.